The molecule has 136 valence electrons. The minimum absolute atomic E-state index is 0.0534. The van der Waals surface area contributed by atoms with Crippen molar-refractivity contribution in [3.05, 3.63) is 36.9 Å². The normalized spacial score (nSPS) is 15.0. The number of carboxylic acid groups (broad SMARTS) is 1. The Morgan fingerprint density at radius 2 is 1.85 bits per heavy atom. The number of nitrogens with zero attached hydrogens (tertiary/aromatic N) is 6. The second-order valence-corrected chi connectivity index (χ2v) is 6.25. The van der Waals surface area contributed by atoms with Crippen molar-refractivity contribution in [1.29, 1.82) is 0 Å². The average Bonchev–Trinajstić information content (AvgIpc) is 3.28. The molecule has 4 heterocycles. The lowest BCUT2D eigenvalue weighted by Gasteiger charge is -2.33. The van der Waals surface area contributed by atoms with Gasteiger partial charge in [-0.25, -0.2) is 9.31 Å². The first-order valence-electron chi connectivity index (χ1n) is 8.49. The Morgan fingerprint density at radius 1 is 1.04 bits per heavy atom. The quantitative estimate of drug-likeness (QED) is 0.723. The molecule has 3 aromatic heterocycles. The summed E-state index contributed by atoms with van der Waals surface area (Å²) in [7, 11) is 0. The van der Waals surface area contributed by atoms with Crippen molar-refractivity contribution < 1.29 is 15.0 Å². The first kappa shape index (κ1) is 16.4. The van der Waals surface area contributed by atoms with Crippen LogP contribution in [0.4, 0.5) is 10.5 Å². The van der Waals surface area contributed by atoms with E-state index in [9.17, 15) is 4.79 Å². The second kappa shape index (κ2) is 6.68. The van der Waals surface area contributed by atoms with E-state index in [1.165, 1.54) is 4.90 Å². The number of pyridine rings is 1. The van der Waals surface area contributed by atoms with E-state index < -0.39 is 6.09 Å². The van der Waals surface area contributed by atoms with Crippen LogP contribution < -0.4 is 4.90 Å². The summed E-state index contributed by atoms with van der Waals surface area (Å²) in [6.07, 6.45) is 6.58. The Kier molecular flexibility index (Phi) is 4.21. The van der Waals surface area contributed by atoms with Gasteiger partial charge in [-0.1, -0.05) is 6.07 Å². The summed E-state index contributed by atoms with van der Waals surface area (Å²) in [5.41, 5.74) is 3.96. The van der Waals surface area contributed by atoms with E-state index in [0.717, 1.165) is 22.3 Å². The number of rotatable bonds is 4. The lowest BCUT2D eigenvalue weighted by atomic mass is 10.1. The summed E-state index contributed by atoms with van der Waals surface area (Å²) in [6, 6.07) is 4.04. The Labute approximate surface area is 149 Å². The fourth-order valence-electron chi connectivity index (χ4n) is 3.26. The third-order valence-corrected chi connectivity index (χ3v) is 4.68. The molecule has 2 N–H and O–H groups in total. The highest BCUT2D eigenvalue weighted by molar-refractivity contribution is 5.75. The molecule has 4 rings (SSSR count). The maximum Gasteiger partial charge on any atom is 0.407 e. The summed E-state index contributed by atoms with van der Waals surface area (Å²) in [5, 5.41) is 26.8. The van der Waals surface area contributed by atoms with E-state index in [1.807, 2.05) is 35.2 Å². The predicted octanol–water partition coefficient (Wildman–Crippen LogP) is 0.990. The predicted molar refractivity (Wildman–Crippen MR) is 95.3 cm³/mol. The van der Waals surface area contributed by atoms with Gasteiger partial charge in [0.25, 0.3) is 0 Å². The third kappa shape index (κ3) is 2.97. The molecule has 0 spiro atoms. The van der Waals surface area contributed by atoms with Crippen molar-refractivity contribution >= 4 is 17.3 Å². The summed E-state index contributed by atoms with van der Waals surface area (Å²) in [6.45, 7) is 2.82. The van der Waals surface area contributed by atoms with Crippen molar-refractivity contribution in [2.24, 2.45) is 0 Å². The van der Waals surface area contributed by atoms with E-state index in [2.05, 4.69) is 15.1 Å². The molecule has 0 aliphatic carbocycles. The van der Waals surface area contributed by atoms with E-state index in [4.69, 9.17) is 10.2 Å². The number of carbonyl (C=O) groups is 1. The number of fused-ring (bicyclic) bond motifs is 1. The number of piperazine rings is 1. The maximum absolute atomic E-state index is 11.0. The molecule has 1 amide bonds. The lowest BCUT2D eigenvalue weighted by molar-refractivity contribution is 0.142. The van der Waals surface area contributed by atoms with Crippen LogP contribution in [-0.2, 0) is 6.54 Å². The average molecular weight is 356 g/mol. The number of aliphatic hydroxyl groups excluding tert-OH is 1. The standard InChI is InChI=1S/C17H20N6O3/c24-8-7-22-11-14(9-18-22)13-1-2-15-16(10-19-23(15)12-13)20-3-5-21(6-4-20)17(25)26/h1-2,9-12,24H,3-8H2,(H,25,26). The van der Waals surface area contributed by atoms with Crippen LogP contribution in [0.5, 0.6) is 0 Å². The lowest BCUT2D eigenvalue weighted by Crippen LogP contribution is -2.48. The number of hydrogen-bond donors (Lipinski definition) is 2. The molecular formula is C17H20N6O3. The molecular weight excluding hydrogens is 336 g/mol. The molecule has 9 nitrogen and oxygen atoms in total. The molecule has 0 saturated carbocycles. The largest absolute Gasteiger partial charge is 0.465 e. The SMILES string of the molecule is O=C(O)N1CCN(c2cnn3cc(-c4cnn(CCO)c4)ccc23)CC1. The topological polar surface area (TPSA) is 99.1 Å². The van der Waals surface area contributed by atoms with Crippen LogP contribution in [-0.4, -0.2) is 73.4 Å². The highest BCUT2D eigenvalue weighted by Gasteiger charge is 2.22. The third-order valence-electron chi connectivity index (χ3n) is 4.68. The van der Waals surface area contributed by atoms with Crippen LogP contribution in [0.1, 0.15) is 0 Å². The van der Waals surface area contributed by atoms with Crippen LogP contribution in [0.15, 0.2) is 36.9 Å². The van der Waals surface area contributed by atoms with E-state index in [-0.39, 0.29) is 6.61 Å². The van der Waals surface area contributed by atoms with Gasteiger partial charge in [0.15, 0.2) is 0 Å². The molecule has 26 heavy (non-hydrogen) atoms. The maximum atomic E-state index is 11.0. The smallest absolute Gasteiger partial charge is 0.407 e. The first-order valence-corrected chi connectivity index (χ1v) is 8.49. The van der Waals surface area contributed by atoms with Gasteiger partial charge in [0.05, 0.1) is 36.7 Å². The number of amides is 1. The van der Waals surface area contributed by atoms with E-state index in [1.54, 1.807) is 10.9 Å². The zero-order valence-electron chi connectivity index (χ0n) is 14.2. The van der Waals surface area contributed by atoms with Crippen LogP contribution in [0.25, 0.3) is 16.6 Å². The Bertz CT molecular complexity index is 926. The zero-order chi connectivity index (χ0) is 18.1. The first-order chi connectivity index (χ1) is 12.7. The monoisotopic (exact) mass is 356 g/mol. The number of anilines is 1. The van der Waals surface area contributed by atoms with Crippen LogP contribution in [0, 0.1) is 0 Å². The molecule has 9 heteroatoms. The van der Waals surface area contributed by atoms with Crippen LogP contribution in [0.3, 0.4) is 0 Å². The van der Waals surface area contributed by atoms with Gasteiger partial charge in [0.2, 0.25) is 0 Å². The molecule has 1 fully saturated rings. The highest BCUT2D eigenvalue weighted by Crippen LogP contribution is 2.26. The molecule has 0 bridgehead atoms. The molecule has 0 aromatic carbocycles. The van der Waals surface area contributed by atoms with Crippen LogP contribution in [0.2, 0.25) is 0 Å². The fraction of sp³-hybridized carbons (Fsp3) is 0.353. The van der Waals surface area contributed by atoms with Gasteiger partial charge in [-0.05, 0) is 6.07 Å². The molecule has 1 saturated heterocycles. The van der Waals surface area contributed by atoms with Gasteiger partial charge in [0.1, 0.15) is 0 Å². The minimum atomic E-state index is -0.865. The summed E-state index contributed by atoms with van der Waals surface area (Å²) in [5.74, 6) is 0. The zero-order valence-corrected chi connectivity index (χ0v) is 14.2. The molecule has 0 radical (unpaired) electrons. The van der Waals surface area contributed by atoms with Crippen molar-refractivity contribution in [2.75, 3.05) is 37.7 Å². The molecule has 0 unspecified atom stereocenters. The number of hydrogen-bond acceptors (Lipinski definition) is 5. The van der Waals surface area contributed by atoms with Gasteiger partial charge in [-0.2, -0.15) is 10.2 Å². The fourth-order valence-corrected chi connectivity index (χ4v) is 3.26. The van der Waals surface area contributed by atoms with Gasteiger partial charge in [-0.15, -0.1) is 0 Å². The van der Waals surface area contributed by atoms with Gasteiger partial charge in [-0.3, -0.25) is 4.68 Å². The van der Waals surface area contributed by atoms with Crippen molar-refractivity contribution in [3.8, 4) is 11.1 Å². The Morgan fingerprint density at radius 3 is 2.58 bits per heavy atom. The Balaban J connectivity index is 1.57. The molecule has 1 aliphatic heterocycles. The summed E-state index contributed by atoms with van der Waals surface area (Å²) < 4.78 is 3.54. The van der Waals surface area contributed by atoms with Crippen molar-refractivity contribution in [3.63, 3.8) is 0 Å². The number of aromatic nitrogens is 4. The number of aliphatic hydroxyl groups is 1. The van der Waals surface area contributed by atoms with Crippen LogP contribution >= 0.6 is 0 Å². The Hall–Kier alpha value is -3.07. The summed E-state index contributed by atoms with van der Waals surface area (Å²) in [4.78, 5) is 14.6. The minimum Gasteiger partial charge on any atom is -0.465 e. The molecule has 3 aromatic rings. The van der Waals surface area contributed by atoms with Gasteiger partial charge in [0, 0.05) is 49.7 Å². The van der Waals surface area contributed by atoms with E-state index in [0.29, 0.717) is 32.7 Å². The van der Waals surface area contributed by atoms with Gasteiger partial charge >= 0.3 is 6.09 Å². The second-order valence-electron chi connectivity index (χ2n) is 6.25. The van der Waals surface area contributed by atoms with E-state index >= 15 is 0 Å². The van der Waals surface area contributed by atoms with Gasteiger partial charge < -0.3 is 20.0 Å². The van der Waals surface area contributed by atoms with Crippen molar-refractivity contribution in [2.45, 2.75) is 6.54 Å². The molecule has 1 aliphatic rings. The van der Waals surface area contributed by atoms with Crippen molar-refractivity contribution in [1.82, 2.24) is 24.3 Å². The summed E-state index contributed by atoms with van der Waals surface area (Å²) >= 11 is 0. The molecule has 0 atom stereocenters. The highest BCUT2D eigenvalue weighted by atomic mass is 16.4.